The molecule has 2 rings (SSSR count). The highest BCUT2D eigenvalue weighted by atomic mass is 19.4. The van der Waals surface area contributed by atoms with Crippen molar-refractivity contribution in [1.82, 2.24) is 4.90 Å². The van der Waals surface area contributed by atoms with E-state index in [1.165, 1.54) is 0 Å². The van der Waals surface area contributed by atoms with Gasteiger partial charge in [-0.25, -0.2) is 0 Å². The number of anilines is 2. The monoisotopic (exact) mass is 273 g/mol. The van der Waals surface area contributed by atoms with Gasteiger partial charge in [0.25, 0.3) is 0 Å². The Morgan fingerprint density at radius 3 is 2.32 bits per heavy atom. The minimum absolute atomic E-state index is 0.0626. The molecular formula is C12H14F3N3O. The first-order chi connectivity index (χ1) is 8.88. The summed E-state index contributed by atoms with van der Waals surface area (Å²) in [5, 5.41) is 0. The van der Waals surface area contributed by atoms with Crippen molar-refractivity contribution in [1.29, 1.82) is 0 Å². The average molecular weight is 273 g/mol. The first kappa shape index (κ1) is 13.5. The lowest BCUT2D eigenvalue weighted by molar-refractivity contribution is -0.185. The van der Waals surface area contributed by atoms with Gasteiger partial charge < -0.3 is 15.5 Å². The van der Waals surface area contributed by atoms with E-state index in [0.717, 1.165) is 10.6 Å². The van der Waals surface area contributed by atoms with Crippen LogP contribution in [0.4, 0.5) is 24.5 Å². The van der Waals surface area contributed by atoms with Crippen molar-refractivity contribution in [3.8, 4) is 0 Å². The maximum Gasteiger partial charge on any atom is 0.471 e. The van der Waals surface area contributed by atoms with Gasteiger partial charge in [-0.2, -0.15) is 13.2 Å². The molecule has 0 unspecified atom stereocenters. The van der Waals surface area contributed by atoms with Gasteiger partial charge in [-0.1, -0.05) is 6.07 Å². The lowest BCUT2D eigenvalue weighted by Gasteiger charge is -2.36. The SMILES string of the molecule is Nc1cccc(N2CCN(C(=O)C(F)(F)F)CC2)c1. The second-order valence-electron chi connectivity index (χ2n) is 4.37. The van der Waals surface area contributed by atoms with Crippen LogP contribution in [0.5, 0.6) is 0 Å². The fourth-order valence-corrected chi connectivity index (χ4v) is 2.07. The Bertz CT molecular complexity index is 468. The van der Waals surface area contributed by atoms with E-state index in [-0.39, 0.29) is 13.1 Å². The Balaban J connectivity index is 1.98. The van der Waals surface area contributed by atoms with Crippen LogP contribution < -0.4 is 10.6 Å². The quantitative estimate of drug-likeness (QED) is 0.788. The first-order valence-corrected chi connectivity index (χ1v) is 5.84. The Labute approximate surface area is 108 Å². The zero-order valence-electron chi connectivity index (χ0n) is 10.2. The Morgan fingerprint density at radius 1 is 1.16 bits per heavy atom. The van der Waals surface area contributed by atoms with Crippen molar-refractivity contribution in [2.45, 2.75) is 6.18 Å². The highest BCUT2D eigenvalue weighted by Gasteiger charge is 2.43. The maximum absolute atomic E-state index is 12.3. The van der Waals surface area contributed by atoms with E-state index in [1.807, 2.05) is 11.0 Å². The van der Waals surface area contributed by atoms with E-state index in [4.69, 9.17) is 5.73 Å². The number of carbonyl (C=O) groups excluding carboxylic acids is 1. The number of hydrogen-bond acceptors (Lipinski definition) is 3. The third kappa shape index (κ3) is 3.10. The molecular weight excluding hydrogens is 259 g/mol. The summed E-state index contributed by atoms with van der Waals surface area (Å²) in [6.07, 6.45) is -4.79. The molecule has 0 bridgehead atoms. The molecule has 7 heteroatoms. The fraction of sp³-hybridized carbons (Fsp3) is 0.417. The zero-order valence-corrected chi connectivity index (χ0v) is 10.2. The molecule has 0 radical (unpaired) electrons. The van der Waals surface area contributed by atoms with Gasteiger partial charge in [0.2, 0.25) is 0 Å². The summed E-state index contributed by atoms with van der Waals surface area (Å²) >= 11 is 0. The molecule has 0 atom stereocenters. The highest BCUT2D eigenvalue weighted by Crippen LogP contribution is 2.22. The van der Waals surface area contributed by atoms with E-state index in [1.54, 1.807) is 18.2 Å². The lowest BCUT2D eigenvalue weighted by atomic mass is 10.2. The molecule has 1 aromatic rings. The number of benzene rings is 1. The minimum Gasteiger partial charge on any atom is -0.399 e. The number of rotatable bonds is 1. The first-order valence-electron chi connectivity index (χ1n) is 5.84. The van der Waals surface area contributed by atoms with Crippen LogP contribution >= 0.6 is 0 Å². The molecule has 4 nitrogen and oxygen atoms in total. The van der Waals surface area contributed by atoms with Crippen LogP contribution in [0.2, 0.25) is 0 Å². The number of nitrogens with zero attached hydrogens (tertiary/aromatic N) is 2. The average Bonchev–Trinajstić information content (AvgIpc) is 2.37. The number of amides is 1. The molecule has 1 aliphatic rings. The third-order valence-electron chi connectivity index (χ3n) is 3.04. The van der Waals surface area contributed by atoms with E-state index in [2.05, 4.69) is 0 Å². The number of piperazine rings is 1. The summed E-state index contributed by atoms with van der Waals surface area (Å²) in [5.74, 6) is -1.76. The van der Waals surface area contributed by atoms with E-state index < -0.39 is 12.1 Å². The minimum atomic E-state index is -4.79. The van der Waals surface area contributed by atoms with E-state index in [0.29, 0.717) is 18.8 Å². The van der Waals surface area contributed by atoms with Crippen LogP contribution in [0.1, 0.15) is 0 Å². The molecule has 1 heterocycles. The largest absolute Gasteiger partial charge is 0.471 e. The second-order valence-corrected chi connectivity index (χ2v) is 4.37. The number of halogens is 3. The third-order valence-corrected chi connectivity index (χ3v) is 3.04. The van der Waals surface area contributed by atoms with Crippen LogP contribution in [0.25, 0.3) is 0 Å². The van der Waals surface area contributed by atoms with Gasteiger partial charge in [-0.05, 0) is 18.2 Å². The summed E-state index contributed by atoms with van der Waals surface area (Å²) in [6.45, 7) is 0.858. The van der Waals surface area contributed by atoms with E-state index in [9.17, 15) is 18.0 Å². The fourth-order valence-electron chi connectivity index (χ4n) is 2.07. The highest BCUT2D eigenvalue weighted by molar-refractivity contribution is 5.82. The van der Waals surface area contributed by atoms with Crippen LogP contribution in [0.15, 0.2) is 24.3 Å². The molecule has 1 fully saturated rings. The van der Waals surface area contributed by atoms with Crippen molar-refractivity contribution in [2.75, 3.05) is 36.8 Å². The summed E-state index contributed by atoms with van der Waals surface area (Å²) in [6, 6.07) is 7.14. The Morgan fingerprint density at radius 2 is 1.79 bits per heavy atom. The van der Waals surface area contributed by atoms with Crippen molar-refractivity contribution in [3.63, 3.8) is 0 Å². The van der Waals surface area contributed by atoms with Crippen molar-refractivity contribution in [3.05, 3.63) is 24.3 Å². The molecule has 2 N–H and O–H groups in total. The number of carbonyl (C=O) groups is 1. The van der Waals surface area contributed by atoms with Crippen molar-refractivity contribution >= 4 is 17.3 Å². The van der Waals surface area contributed by atoms with Crippen LogP contribution in [-0.2, 0) is 4.79 Å². The van der Waals surface area contributed by atoms with Gasteiger partial charge in [0.05, 0.1) is 0 Å². The molecule has 1 aromatic carbocycles. The molecule has 104 valence electrons. The molecule has 0 saturated carbocycles. The zero-order chi connectivity index (χ0) is 14.0. The van der Waals surface area contributed by atoms with Gasteiger partial charge >= 0.3 is 12.1 Å². The molecule has 0 aliphatic carbocycles. The molecule has 1 amide bonds. The molecule has 1 aliphatic heterocycles. The Kier molecular flexibility index (Phi) is 3.55. The van der Waals surface area contributed by atoms with Gasteiger partial charge in [-0.15, -0.1) is 0 Å². The Hall–Kier alpha value is -1.92. The number of hydrogen-bond donors (Lipinski definition) is 1. The van der Waals surface area contributed by atoms with Gasteiger partial charge in [0.15, 0.2) is 0 Å². The topological polar surface area (TPSA) is 49.6 Å². The molecule has 0 aromatic heterocycles. The molecule has 0 spiro atoms. The van der Waals surface area contributed by atoms with Crippen LogP contribution in [0.3, 0.4) is 0 Å². The van der Waals surface area contributed by atoms with Gasteiger partial charge in [-0.3, -0.25) is 4.79 Å². The molecule has 1 saturated heterocycles. The smallest absolute Gasteiger partial charge is 0.399 e. The summed E-state index contributed by atoms with van der Waals surface area (Å²) in [4.78, 5) is 13.8. The van der Waals surface area contributed by atoms with Crippen molar-refractivity contribution in [2.24, 2.45) is 0 Å². The normalized spacial score (nSPS) is 16.6. The predicted octanol–water partition coefficient (Wildman–Crippen LogP) is 1.48. The van der Waals surface area contributed by atoms with Gasteiger partial charge in [0.1, 0.15) is 0 Å². The summed E-state index contributed by atoms with van der Waals surface area (Å²) < 4.78 is 36.9. The number of nitrogen functional groups attached to an aromatic ring is 1. The van der Waals surface area contributed by atoms with Crippen LogP contribution in [-0.4, -0.2) is 43.2 Å². The van der Waals surface area contributed by atoms with Crippen LogP contribution in [0, 0.1) is 0 Å². The standard InChI is InChI=1S/C12H14F3N3O/c13-12(14,15)11(19)18-6-4-17(5-7-18)10-3-1-2-9(16)8-10/h1-3,8H,4-7,16H2. The number of alkyl halides is 3. The van der Waals surface area contributed by atoms with Crippen molar-refractivity contribution < 1.29 is 18.0 Å². The van der Waals surface area contributed by atoms with E-state index >= 15 is 0 Å². The summed E-state index contributed by atoms with van der Waals surface area (Å²) in [7, 11) is 0. The predicted molar refractivity (Wildman–Crippen MR) is 65.7 cm³/mol. The number of nitrogens with two attached hydrogens (primary N) is 1. The second kappa shape index (κ2) is 4.99. The summed E-state index contributed by atoms with van der Waals surface area (Å²) in [5.41, 5.74) is 7.12. The molecule has 19 heavy (non-hydrogen) atoms. The lowest BCUT2D eigenvalue weighted by Crippen LogP contribution is -2.52. The maximum atomic E-state index is 12.3. The van der Waals surface area contributed by atoms with Gasteiger partial charge in [0, 0.05) is 37.6 Å².